The fourth-order valence-electron chi connectivity index (χ4n) is 7.29. The van der Waals surface area contributed by atoms with E-state index in [0.717, 1.165) is 32.1 Å². The van der Waals surface area contributed by atoms with Crippen molar-refractivity contribution in [2.75, 3.05) is 0 Å². The second-order valence-corrected chi connectivity index (χ2v) is 9.99. The van der Waals surface area contributed by atoms with E-state index in [2.05, 4.69) is 20.8 Å². The van der Waals surface area contributed by atoms with E-state index in [-0.39, 0.29) is 16.6 Å². The number of Topliss-reactive ketones (excluding diaryl/α,β-unsaturated/α-hetero) is 1. The average molecular weight is 344 g/mol. The molecular formula is C22H32O3. The number of ketones is 2. The summed E-state index contributed by atoms with van der Waals surface area (Å²) in [5.74, 6) is 2.32. The van der Waals surface area contributed by atoms with Crippen LogP contribution in [0.25, 0.3) is 0 Å². The van der Waals surface area contributed by atoms with Gasteiger partial charge >= 0.3 is 0 Å². The van der Waals surface area contributed by atoms with E-state index < -0.39 is 5.60 Å². The Labute approximate surface area is 151 Å². The van der Waals surface area contributed by atoms with Crippen LogP contribution in [-0.4, -0.2) is 22.3 Å². The molecule has 0 amide bonds. The number of aliphatic hydroxyl groups is 1. The minimum atomic E-state index is -1.19. The van der Waals surface area contributed by atoms with Crippen LogP contribution >= 0.6 is 0 Å². The van der Waals surface area contributed by atoms with Gasteiger partial charge in [0.15, 0.2) is 11.6 Å². The molecule has 3 saturated carbocycles. The zero-order valence-corrected chi connectivity index (χ0v) is 16.1. The third-order valence-corrected chi connectivity index (χ3v) is 9.01. The van der Waals surface area contributed by atoms with Crippen molar-refractivity contribution in [2.24, 2.45) is 34.5 Å². The summed E-state index contributed by atoms with van der Waals surface area (Å²) in [5.41, 5.74) is 0.0204. The molecule has 25 heavy (non-hydrogen) atoms. The number of rotatable bonds is 0. The molecule has 3 fully saturated rings. The maximum absolute atomic E-state index is 12.4. The molecule has 4 aliphatic rings. The maximum Gasteiger partial charge on any atom is 0.164 e. The van der Waals surface area contributed by atoms with E-state index in [1.165, 1.54) is 5.57 Å². The highest BCUT2D eigenvalue weighted by atomic mass is 16.3. The zero-order chi connectivity index (χ0) is 18.2. The molecule has 3 nitrogen and oxygen atoms in total. The van der Waals surface area contributed by atoms with Crippen molar-refractivity contribution < 1.29 is 14.7 Å². The first kappa shape index (κ1) is 17.5. The smallest absolute Gasteiger partial charge is 0.164 e. The van der Waals surface area contributed by atoms with Crippen LogP contribution in [0.1, 0.15) is 72.6 Å². The standard InChI is InChI=1S/C22H32O3/c1-13-11-15-16(20(2)9-7-14(23)12-18(13)20)8-10-21(3)17(15)5-6-19(24)22(21,4)25/h12-13,15-17,25H,5-11H2,1-4H3/t13-,15?,16?,17?,20+,21-,22+/m0/s1. The highest BCUT2D eigenvalue weighted by Crippen LogP contribution is 2.66. The first-order valence-electron chi connectivity index (χ1n) is 10.1. The van der Waals surface area contributed by atoms with Crippen molar-refractivity contribution >= 4 is 11.6 Å². The molecule has 0 aromatic heterocycles. The number of hydrogen-bond donors (Lipinski definition) is 1. The zero-order valence-electron chi connectivity index (χ0n) is 16.1. The van der Waals surface area contributed by atoms with Crippen molar-refractivity contribution in [3.63, 3.8) is 0 Å². The van der Waals surface area contributed by atoms with Gasteiger partial charge in [-0.25, -0.2) is 0 Å². The third kappa shape index (κ3) is 2.14. The van der Waals surface area contributed by atoms with Crippen molar-refractivity contribution in [3.8, 4) is 0 Å². The average Bonchev–Trinajstić information content (AvgIpc) is 2.54. The molecule has 4 aliphatic carbocycles. The monoisotopic (exact) mass is 344 g/mol. The minimum absolute atomic E-state index is 0.0311. The molecule has 0 aromatic carbocycles. The first-order valence-corrected chi connectivity index (χ1v) is 10.1. The molecule has 0 aromatic rings. The summed E-state index contributed by atoms with van der Waals surface area (Å²) in [7, 11) is 0. The second-order valence-electron chi connectivity index (χ2n) is 9.99. The fraction of sp³-hybridized carbons (Fsp3) is 0.818. The highest BCUT2D eigenvalue weighted by Gasteiger charge is 2.63. The van der Waals surface area contributed by atoms with Gasteiger partial charge in [-0.15, -0.1) is 0 Å². The maximum atomic E-state index is 12.4. The van der Waals surface area contributed by atoms with Gasteiger partial charge in [0.1, 0.15) is 5.60 Å². The van der Waals surface area contributed by atoms with Gasteiger partial charge in [-0.1, -0.05) is 26.3 Å². The molecule has 7 atom stereocenters. The van der Waals surface area contributed by atoms with Gasteiger partial charge < -0.3 is 5.11 Å². The van der Waals surface area contributed by atoms with Crippen LogP contribution in [0.2, 0.25) is 0 Å². The number of carbonyl (C=O) groups excluding carboxylic acids is 2. The van der Waals surface area contributed by atoms with E-state index in [1.807, 2.05) is 6.08 Å². The van der Waals surface area contributed by atoms with Gasteiger partial charge in [-0.2, -0.15) is 0 Å². The van der Waals surface area contributed by atoms with Gasteiger partial charge in [0.2, 0.25) is 0 Å². The minimum Gasteiger partial charge on any atom is -0.382 e. The summed E-state index contributed by atoms with van der Waals surface area (Å²) in [6.45, 7) is 8.58. The highest BCUT2D eigenvalue weighted by molar-refractivity contribution is 5.92. The molecule has 0 aliphatic heterocycles. The van der Waals surface area contributed by atoms with Crippen LogP contribution in [0.4, 0.5) is 0 Å². The lowest BCUT2D eigenvalue weighted by molar-refractivity contribution is -0.190. The van der Waals surface area contributed by atoms with Crippen LogP contribution in [0, 0.1) is 34.5 Å². The van der Waals surface area contributed by atoms with Crippen molar-refractivity contribution in [1.29, 1.82) is 0 Å². The van der Waals surface area contributed by atoms with Gasteiger partial charge in [0.25, 0.3) is 0 Å². The molecule has 0 spiro atoms. The normalized spacial score (nSPS) is 52.8. The van der Waals surface area contributed by atoms with Gasteiger partial charge in [-0.3, -0.25) is 9.59 Å². The SMILES string of the molecule is C[C@H]1CC2C(CC[C@@]3(C)C2CCC(=O)[C@@]3(C)O)[C@@]2(C)CCC(=O)C=C12. The predicted octanol–water partition coefficient (Wildman–Crippen LogP) is 4.08. The molecule has 0 radical (unpaired) electrons. The van der Waals surface area contributed by atoms with E-state index >= 15 is 0 Å². The molecule has 138 valence electrons. The topological polar surface area (TPSA) is 54.4 Å². The molecule has 0 saturated heterocycles. The van der Waals surface area contributed by atoms with E-state index in [4.69, 9.17) is 0 Å². The summed E-state index contributed by atoms with van der Waals surface area (Å²) >= 11 is 0. The molecular weight excluding hydrogens is 312 g/mol. The Kier molecular flexibility index (Phi) is 3.69. The van der Waals surface area contributed by atoms with Crippen LogP contribution < -0.4 is 0 Å². The largest absolute Gasteiger partial charge is 0.382 e. The summed E-state index contributed by atoms with van der Waals surface area (Å²) in [4.78, 5) is 24.5. The summed E-state index contributed by atoms with van der Waals surface area (Å²) < 4.78 is 0. The van der Waals surface area contributed by atoms with Crippen LogP contribution in [0.3, 0.4) is 0 Å². The summed E-state index contributed by atoms with van der Waals surface area (Å²) in [5, 5.41) is 11.1. The van der Waals surface area contributed by atoms with E-state index in [9.17, 15) is 14.7 Å². The van der Waals surface area contributed by atoms with Crippen LogP contribution in [-0.2, 0) is 9.59 Å². The molecule has 4 rings (SSSR count). The molecule has 3 unspecified atom stereocenters. The van der Waals surface area contributed by atoms with E-state index in [1.54, 1.807) is 6.92 Å². The lowest BCUT2D eigenvalue weighted by atomic mass is 9.41. The number of carbonyl (C=O) groups is 2. The molecule has 0 heterocycles. The Hall–Kier alpha value is -0.960. The van der Waals surface area contributed by atoms with Crippen molar-refractivity contribution in [2.45, 2.75) is 78.2 Å². The van der Waals surface area contributed by atoms with Gasteiger partial charge in [-0.05, 0) is 74.2 Å². The Morgan fingerprint density at radius 3 is 2.48 bits per heavy atom. The van der Waals surface area contributed by atoms with Crippen molar-refractivity contribution in [1.82, 2.24) is 0 Å². The predicted molar refractivity (Wildman–Crippen MR) is 96.9 cm³/mol. The Morgan fingerprint density at radius 1 is 1.04 bits per heavy atom. The van der Waals surface area contributed by atoms with Gasteiger partial charge in [0, 0.05) is 18.3 Å². The lowest BCUT2D eigenvalue weighted by Gasteiger charge is -2.63. The van der Waals surface area contributed by atoms with Gasteiger partial charge in [0.05, 0.1) is 0 Å². The Balaban J connectivity index is 1.75. The third-order valence-electron chi connectivity index (χ3n) is 9.01. The van der Waals surface area contributed by atoms with Crippen molar-refractivity contribution in [3.05, 3.63) is 11.6 Å². The fourth-order valence-corrected chi connectivity index (χ4v) is 7.29. The summed E-state index contributed by atoms with van der Waals surface area (Å²) in [6.07, 6.45) is 8.13. The number of allylic oxidation sites excluding steroid dienone is 2. The Morgan fingerprint density at radius 2 is 1.76 bits per heavy atom. The van der Waals surface area contributed by atoms with Crippen LogP contribution in [0.15, 0.2) is 11.6 Å². The number of hydrogen-bond acceptors (Lipinski definition) is 3. The lowest BCUT2D eigenvalue weighted by Crippen LogP contribution is -2.63. The van der Waals surface area contributed by atoms with E-state index in [0.29, 0.717) is 42.3 Å². The molecule has 0 bridgehead atoms. The molecule has 3 heteroatoms. The quantitative estimate of drug-likeness (QED) is 0.720. The summed E-state index contributed by atoms with van der Waals surface area (Å²) in [6, 6.07) is 0. The Bertz CT molecular complexity index is 660. The number of fused-ring (bicyclic) bond motifs is 5. The first-order chi connectivity index (χ1) is 11.6. The van der Waals surface area contributed by atoms with Crippen LogP contribution in [0.5, 0.6) is 0 Å². The second kappa shape index (κ2) is 5.28. The molecule has 1 N–H and O–H groups in total.